The van der Waals surface area contributed by atoms with Crippen molar-refractivity contribution in [2.45, 2.75) is 13.5 Å². The molecule has 0 aliphatic heterocycles. The molecule has 0 radical (unpaired) electrons. The van der Waals surface area contributed by atoms with Crippen molar-refractivity contribution in [2.24, 2.45) is 0 Å². The minimum absolute atomic E-state index is 0.0206. The Hall–Kier alpha value is -3.98. The van der Waals surface area contributed by atoms with E-state index in [0.29, 0.717) is 16.3 Å². The normalized spacial score (nSPS) is 10.7. The molecule has 156 valence electrons. The van der Waals surface area contributed by atoms with E-state index in [1.54, 1.807) is 19.1 Å². The quantitative estimate of drug-likeness (QED) is 0.425. The molecule has 4 rings (SSSR count). The zero-order valence-electron chi connectivity index (χ0n) is 16.5. The Kier molecular flexibility index (Phi) is 5.50. The fourth-order valence-corrected chi connectivity index (χ4v) is 4.09. The molecule has 0 saturated heterocycles. The Balaban J connectivity index is 1.50. The van der Waals surface area contributed by atoms with E-state index in [9.17, 15) is 19.5 Å². The summed E-state index contributed by atoms with van der Waals surface area (Å²) in [5, 5.41) is 16.7. The second-order valence-electron chi connectivity index (χ2n) is 6.80. The smallest absolute Gasteiger partial charge is 0.337 e. The summed E-state index contributed by atoms with van der Waals surface area (Å²) in [5.41, 5.74) is 1.74. The minimum atomic E-state index is -1.20. The number of nitrogens with one attached hydrogen (secondary N) is 2. The average Bonchev–Trinajstić information content (AvgIpc) is 3.17. The van der Waals surface area contributed by atoms with E-state index in [1.807, 2.05) is 42.5 Å². The standard InChI is InChI=1S/C22H18N4O4S/c1-13-23-20-19(17(12-31-20)22(29)30)21(28)26(13)11-18(27)25-16-9-7-15(8-10-16)24-14-5-3-2-4-6-14/h2-10,12,24H,11H2,1H3,(H,25,27)(H,29,30). The summed E-state index contributed by atoms with van der Waals surface area (Å²) in [6.45, 7) is 1.34. The first-order valence-electron chi connectivity index (χ1n) is 9.36. The van der Waals surface area contributed by atoms with E-state index >= 15 is 0 Å². The van der Waals surface area contributed by atoms with Crippen LogP contribution in [0.3, 0.4) is 0 Å². The van der Waals surface area contributed by atoms with E-state index in [1.165, 1.54) is 9.95 Å². The van der Waals surface area contributed by atoms with Crippen molar-refractivity contribution in [1.82, 2.24) is 9.55 Å². The lowest BCUT2D eigenvalue weighted by molar-refractivity contribution is -0.116. The number of anilines is 3. The van der Waals surface area contributed by atoms with E-state index in [4.69, 9.17) is 0 Å². The molecule has 0 atom stereocenters. The van der Waals surface area contributed by atoms with E-state index < -0.39 is 17.4 Å². The fourth-order valence-electron chi connectivity index (χ4n) is 3.14. The van der Waals surface area contributed by atoms with Crippen LogP contribution in [-0.2, 0) is 11.3 Å². The van der Waals surface area contributed by atoms with Crippen molar-refractivity contribution in [3.8, 4) is 0 Å². The van der Waals surface area contributed by atoms with Crippen LogP contribution in [0.15, 0.2) is 64.8 Å². The third kappa shape index (κ3) is 4.31. The number of rotatable bonds is 6. The molecular formula is C22H18N4O4S. The van der Waals surface area contributed by atoms with Crippen LogP contribution in [0.2, 0.25) is 0 Å². The molecule has 0 spiro atoms. The molecule has 8 nitrogen and oxygen atoms in total. The second kappa shape index (κ2) is 8.41. The number of fused-ring (bicyclic) bond motifs is 1. The Labute approximate surface area is 180 Å². The van der Waals surface area contributed by atoms with Crippen molar-refractivity contribution in [3.05, 3.63) is 81.7 Å². The maximum absolute atomic E-state index is 12.8. The monoisotopic (exact) mass is 434 g/mol. The van der Waals surface area contributed by atoms with Gasteiger partial charge in [0.05, 0.1) is 10.9 Å². The lowest BCUT2D eigenvalue weighted by Crippen LogP contribution is -2.30. The highest BCUT2D eigenvalue weighted by Crippen LogP contribution is 2.22. The molecule has 0 bridgehead atoms. The van der Waals surface area contributed by atoms with Gasteiger partial charge in [-0.25, -0.2) is 9.78 Å². The average molecular weight is 434 g/mol. The Morgan fingerprint density at radius 1 is 1.03 bits per heavy atom. The molecule has 0 aliphatic carbocycles. The van der Waals surface area contributed by atoms with Gasteiger partial charge < -0.3 is 15.7 Å². The lowest BCUT2D eigenvalue weighted by Gasteiger charge is -2.11. The largest absolute Gasteiger partial charge is 0.478 e. The predicted molar refractivity (Wildman–Crippen MR) is 120 cm³/mol. The second-order valence-corrected chi connectivity index (χ2v) is 7.66. The Bertz CT molecular complexity index is 1330. The summed E-state index contributed by atoms with van der Waals surface area (Å²) in [6, 6.07) is 16.9. The third-order valence-corrected chi connectivity index (χ3v) is 5.52. The molecule has 0 saturated carbocycles. The van der Waals surface area contributed by atoms with Gasteiger partial charge in [0, 0.05) is 22.4 Å². The first-order valence-corrected chi connectivity index (χ1v) is 10.2. The van der Waals surface area contributed by atoms with Crippen LogP contribution in [0.5, 0.6) is 0 Å². The van der Waals surface area contributed by atoms with E-state index in [2.05, 4.69) is 15.6 Å². The van der Waals surface area contributed by atoms with Crippen LogP contribution < -0.4 is 16.2 Å². The number of thiophene rings is 1. The summed E-state index contributed by atoms with van der Waals surface area (Å²) >= 11 is 1.09. The van der Waals surface area contributed by atoms with Gasteiger partial charge >= 0.3 is 5.97 Å². The minimum Gasteiger partial charge on any atom is -0.478 e. The molecule has 31 heavy (non-hydrogen) atoms. The highest BCUT2D eigenvalue weighted by atomic mass is 32.1. The number of carbonyl (C=O) groups is 2. The summed E-state index contributed by atoms with van der Waals surface area (Å²) in [7, 11) is 0. The summed E-state index contributed by atoms with van der Waals surface area (Å²) in [6.07, 6.45) is 0. The van der Waals surface area contributed by atoms with Crippen LogP contribution in [0.25, 0.3) is 10.2 Å². The molecule has 2 heterocycles. The fraction of sp³-hybridized carbons (Fsp3) is 0.0909. The van der Waals surface area contributed by atoms with Crippen LogP contribution in [0, 0.1) is 6.92 Å². The SMILES string of the molecule is Cc1nc2scc(C(=O)O)c2c(=O)n1CC(=O)Nc1ccc(Nc2ccccc2)cc1. The molecule has 4 aromatic rings. The van der Waals surface area contributed by atoms with Gasteiger partial charge in [0.15, 0.2) is 0 Å². The van der Waals surface area contributed by atoms with Crippen LogP contribution in [-0.4, -0.2) is 26.5 Å². The van der Waals surface area contributed by atoms with Crippen LogP contribution in [0.1, 0.15) is 16.2 Å². The first kappa shape index (κ1) is 20.3. The molecule has 9 heteroatoms. The zero-order valence-corrected chi connectivity index (χ0v) is 17.3. The zero-order chi connectivity index (χ0) is 22.0. The number of hydrogen-bond donors (Lipinski definition) is 3. The van der Waals surface area contributed by atoms with Crippen molar-refractivity contribution < 1.29 is 14.7 Å². The molecule has 3 N–H and O–H groups in total. The molecule has 2 aromatic carbocycles. The summed E-state index contributed by atoms with van der Waals surface area (Å²) in [4.78, 5) is 41.4. The van der Waals surface area contributed by atoms with Gasteiger partial charge in [0.25, 0.3) is 5.56 Å². The number of benzene rings is 2. The van der Waals surface area contributed by atoms with Gasteiger partial charge in [0.2, 0.25) is 5.91 Å². The van der Waals surface area contributed by atoms with Gasteiger partial charge in [0.1, 0.15) is 17.2 Å². The summed E-state index contributed by atoms with van der Waals surface area (Å²) in [5.74, 6) is -1.27. The molecular weight excluding hydrogens is 416 g/mol. The van der Waals surface area contributed by atoms with E-state index in [0.717, 1.165) is 22.7 Å². The number of carboxylic acids is 1. The van der Waals surface area contributed by atoms with Crippen molar-refractivity contribution in [3.63, 3.8) is 0 Å². The molecule has 2 aromatic heterocycles. The predicted octanol–water partition coefficient (Wildman–Crippen LogP) is 3.85. The number of carbonyl (C=O) groups excluding carboxylic acids is 1. The van der Waals surface area contributed by atoms with E-state index in [-0.39, 0.29) is 17.5 Å². The highest BCUT2D eigenvalue weighted by molar-refractivity contribution is 7.17. The number of aromatic nitrogens is 2. The lowest BCUT2D eigenvalue weighted by atomic mass is 10.2. The number of aryl methyl sites for hydroxylation is 1. The Morgan fingerprint density at radius 3 is 2.35 bits per heavy atom. The van der Waals surface area contributed by atoms with Crippen molar-refractivity contribution in [2.75, 3.05) is 10.6 Å². The maximum Gasteiger partial charge on any atom is 0.337 e. The highest BCUT2D eigenvalue weighted by Gasteiger charge is 2.19. The molecule has 0 aliphatic rings. The number of carboxylic acid groups (broad SMARTS) is 1. The van der Waals surface area contributed by atoms with Gasteiger partial charge in [-0.1, -0.05) is 18.2 Å². The third-order valence-electron chi connectivity index (χ3n) is 4.65. The Morgan fingerprint density at radius 2 is 1.68 bits per heavy atom. The van der Waals surface area contributed by atoms with Crippen LogP contribution in [0.4, 0.5) is 17.1 Å². The summed E-state index contributed by atoms with van der Waals surface area (Å²) < 4.78 is 1.18. The number of aromatic carboxylic acids is 1. The van der Waals surface area contributed by atoms with Gasteiger partial charge in [-0.05, 0) is 43.3 Å². The molecule has 0 fully saturated rings. The maximum atomic E-state index is 12.8. The first-order chi connectivity index (χ1) is 14.9. The van der Waals surface area contributed by atoms with Gasteiger partial charge in [-0.15, -0.1) is 11.3 Å². The topological polar surface area (TPSA) is 113 Å². The van der Waals surface area contributed by atoms with Crippen molar-refractivity contribution >= 4 is 50.5 Å². The number of para-hydroxylation sites is 1. The van der Waals surface area contributed by atoms with Gasteiger partial charge in [-0.2, -0.15) is 0 Å². The number of nitrogens with zero attached hydrogens (tertiary/aromatic N) is 2. The number of amides is 1. The molecule has 0 unspecified atom stereocenters. The molecule has 1 amide bonds. The number of hydrogen-bond acceptors (Lipinski definition) is 6. The van der Waals surface area contributed by atoms with Crippen LogP contribution >= 0.6 is 11.3 Å². The van der Waals surface area contributed by atoms with Crippen molar-refractivity contribution in [1.29, 1.82) is 0 Å². The van der Waals surface area contributed by atoms with Gasteiger partial charge in [-0.3, -0.25) is 14.2 Å².